The van der Waals surface area contributed by atoms with Gasteiger partial charge in [0.05, 0.1) is 0 Å². The maximum absolute atomic E-state index is 4.65. The number of nitrogens with one attached hydrogen (secondary N) is 1. The molecule has 0 saturated heterocycles. The summed E-state index contributed by atoms with van der Waals surface area (Å²) in [6.45, 7) is 0. The Balaban J connectivity index is 1.64. The molecule has 1 heterocycles. The molecule has 82 valence electrons. The fourth-order valence-electron chi connectivity index (χ4n) is 2.74. The summed E-state index contributed by atoms with van der Waals surface area (Å²) in [5.41, 5.74) is 0. The Kier molecular flexibility index (Phi) is 2.47. The Labute approximate surface area is 90.7 Å². The molecule has 1 N–H and O–H groups in total. The molecule has 1 aromatic heterocycles. The Morgan fingerprint density at radius 3 is 2.53 bits per heavy atom. The Hall–Kier alpha value is -0.860. The molecule has 2 aliphatic carbocycles. The molecule has 0 aromatic carbocycles. The zero-order chi connectivity index (χ0) is 10.1. The predicted octanol–water partition coefficient (Wildman–Crippen LogP) is 2.80. The maximum atomic E-state index is 4.65. The molecule has 3 nitrogen and oxygen atoms in total. The van der Waals surface area contributed by atoms with Gasteiger partial charge >= 0.3 is 0 Å². The topological polar surface area (TPSA) is 41.6 Å². The molecule has 15 heavy (non-hydrogen) atoms. The van der Waals surface area contributed by atoms with Crippen molar-refractivity contribution in [2.24, 2.45) is 5.92 Å². The van der Waals surface area contributed by atoms with Crippen LogP contribution in [0.15, 0.2) is 0 Å². The van der Waals surface area contributed by atoms with Gasteiger partial charge in [-0.05, 0) is 18.8 Å². The molecule has 1 aromatic rings. The normalized spacial score (nSPS) is 23.2. The fourth-order valence-corrected chi connectivity index (χ4v) is 2.74. The second-order valence-corrected chi connectivity index (χ2v) is 5.12. The molecule has 0 spiro atoms. The molecule has 2 aliphatic rings. The quantitative estimate of drug-likeness (QED) is 0.824. The van der Waals surface area contributed by atoms with Crippen molar-refractivity contribution in [3.05, 3.63) is 11.6 Å². The van der Waals surface area contributed by atoms with E-state index in [1.54, 1.807) is 0 Å². The number of H-pyrrole nitrogens is 1. The van der Waals surface area contributed by atoms with Gasteiger partial charge in [-0.15, -0.1) is 0 Å². The first kappa shape index (κ1) is 9.37. The third kappa shape index (κ3) is 1.92. The van der Waals surface area contributed by atoms with Crippen molar-refractivity contribution in [1.82, 2.24) is 15.2 Å². The molecule has 0 bridgehead atoms. The van der Waals surface area contributed by atoms with Crippen molar-refractivity contribution in [3.8, 4) is 0 Å². The van der Waals surface area contributed by atoms with E-state index in [-0.39, 0.29) is 0 Å². The number of hydrogen-bond acceptors (Lipinski definition) is 2. The number of nitrogens with zero attached hydrogens (tertiary/aromatic N) is 2. The summed E-state index contributed by atoms with van der Waals surface area (Å²) in [5.74, 6) is 3.74. The van der Waals surface area contributed by atoms with Gasteiger partial charge < -0.3 is 0 Å². The molecule has 3 heteroatoms. The van der Waals surface area contributed by atoms with Crippen LogP contribution in [-0.2, 0) is 6.42 Å². The standard InChI is InChI=1S/C12H19N3/c1-2-7-10(6-1)12-13-11(14-15-12)8-9-4-3-5-9/h9-10H,1-8H2,(H,13,14,15). The number of hydrogen-bond donors (Lipinski definition) is 1. The van der Waals surface area contributed by atoms with E-state index in [1.807, 2.05) is 0 Å². The van der Waals surface area contributed by atoms with Crippen LogP contribution in [0.4, 0.5) is 0 Å². The van der Waals surface area contributed by atoms with Gasteiger partial charge in [-0.2, -0.15) is 5.10 Å². The molecule has 0 aliphatic heterocycles. The van der Waals surface area contributed by atoms with Crippen LogP contribution in [0.2, 0.25) is 0 Å². The lowest BCUT2D eigenvalue weighted by Crippen LogP contribution is -2.14. The van der Waals surface area contributed by atoms with Crippen LogP contribution in [0.25, 0.3) is 0 Å². The summed E-state index contributed by atoms with van der Waals surface area (Å²) in [4.78, 5) is 4.65. The highest BCUT2D eigenvalue weighted by Gasteiger charge is 2.23. The molecular formula is C12H19N3. The minimum atomic E-state index is 0.649. The van der Waals surface area contributed by atoms with Gasteiger partial charge in [-0.3, -0.25) is 5.10 Å². The first-order chi connectivity index (χ1) is 7.42. The van der Waals surface area contributed by atoms with E-state index in [9.17, 15) is 0 Å². The third-order valence-corrected chi connectivity index (χ3v) is 3.98. The summed E-state index contributed by atoms with van der Waals surface area (Å²) in [6.07, 6.45) is 10.6. The molecule has 2 fully saturated rings. The number of aromatic nitrogens is 3. The second-order valence-electron chi connectivity index (χ2n) is 5.12. The first-order valence-corrected chi connectivity index (χ1v) is 6.33. The predicted molar refractivity (Wildman–Crippen MR) is 58.6 cm³/mol. The van der Waals surface area contributed by atoms with Gasteiger partial charge in [0.15, 0.2) is 5.82 Å². The van der Waals surface area contributed by atoms with Gasteiger partial charge in [0, 0.05) is 12.3 Å². The van der Waals surface area contributed by atoms with Crippen molar-refractivity contribution < 1.29 is 0 Å². The van der Waals surface area contributed by atoms with E-state index < -0.39 is 0 Å². The number of rotatable bonds is 3. The molecule has 2 saturated carbocycles. The average Bonchev–Trinajstić information content (AvgIpc) is 2.82. The summed E-state index contributed by atoms with van der Waals surface area (Å²) in [7, 11) is 0. The van der Waals surface area contributed by atoms with Crippen molar-refractivity contribution in [2.75, 3.05) is 0 Å². The SMILES string of the molecule is C1CC(Cc2nc(C3CCCC3)n[nH]2)C1. The molecule has 0 radical (unpaired) electrons. The summed E-state index contributed by atoms with van der Waals surface area (Å²) in [5, 5.41) is 7.49. The lowest BCUT2D eigenvalue weighted by molar-refractivity contribution is 0.309. The van der Waals surface area contributed by atoms with E-state index in [4.69, 9.17) is 0 Å². The first-order valence-electron chi connectivity index (χ1n) is 6.33. The van der Waals surface area contributed by atoms with Gasteiger partial charge in [0.25, 0.3) is 0 Å². The van der Waals surface area contributed by atoms with E-state index >= 15 is 0 Å². The zero-order valence-corrected chi connectivity index (χ0v) is 9.21. The van der Waals surface area contributed by atoms with Crippen LogP contribution >= 0.6 is 0 Å². The Morgan fingerprint density at radius 2 is 1.87 bits per heavy atom. The summed E-state index contributed by atoms with van der Waals surface area (Å²) >= 11 is 0. The highest BCUT2D eigenvalue weighted by molar-refractivity contribution is 5.01. The third-order valence-electron chi connectivity index (χ3n) is 3.98. The van der Waals surface area contributed by atoms with Crippen molar-refractivity contribution in [3.63, 3.8) is 0 Å². The van der Waals surface area contributed by atoms with Gasteiger partial charge in [0.1, 0.15) is 5.82 Å². The molecule has 0 unspecified atom stereocenters. The van der Waals surface area contributed by atoms with Gasteiger partial charge in [-0.25, -0.2) is 4.98 Å². The molecule has 0 amide bonds. The Bertz CT molecular complexity index is 321. The lowest BCUT2D eigenvalue weighted by atomic mass is 9.83. The smallest absolute Gasteiger partial charge is 0.153 e. The van der Waals surface area contributed by atoms with Crippen molar-refractivity contribution in [1.29, 1.82) is 0 Å². The molecule has 3 rings (SSSR count). The summed E-state index contributed by atoms with van der Waals surface area (Å²) < 4.78 is 0. The van der Waals surface area contributed by atoms with E-state index in [2.05, 4.69) is 15.2 Å². The minimum absolute atomic E-state index is 0.649. The van der Waals surface area contributed by atoms with Crippen molar-refractivity contribution in [2.45, 2.75) is 57.3 Å². The monoisotopic (exact) mass is 205 g/mol. The van der Waals surface area contributed by atoms with Crippen LogP contribution in [0, 0.1) is 5.92 Å². The van der Waals surface area contributed by atoms with Crippen molar-refractivity contribution >= 4 is 0 Å². The number of aromatic amines is 1. The van der Waals surface area contributed by atoms with Crippen LogP contribution < -0.4 is 0 Å². The van der Waals surface area contributed by atoms with E-state index in [0.29, 0.717) is 5.92 Å². The van der Waals surface area contributed by atoms with E-state index in [1.165, 1.54) is 44.9 Å². The van der Waals surface area contributed by atoms with E-state index in [0.717, 1.165) is 24.0 Å². The molecule has 0 atom stereocenters. The zero-order valence-electron chi connectivity index (χ0n) is 9.21. The van der Waals surface area contributed by atoms with Gasteiger partial charge in [0.2, 0.25) is 0 Å². The lowest BCUT2D eigenvalue weighted by Gasteiger charge is -2.23. The largest absolute Gasteiger partial charge is 0.263 e. The molecular weight excluding hydrogens is 186 g/mol. The van der Waals surface area contributed by atoms with Crippen LogP contribution in [0.5, 0.6) is 0 Å². The maximum Gasteiger partial charge on any atom is 0.153 e. The highest BCUT2D eigenvalue weighted by Crippen LogP contribution is 2.33. The van der Waals surface area contributed by atoms with Crippen LogP contribution in [-0.4, -0.2) is 15.2 Å². The summed E-state index contributed by atoms with van der Waals surface area (Å²) in [6, 6.07) is 0. The Morgan fingerprint density at radius 1 is 1.07 bits per heavy atom. The van der Waals surface area contributed by atoms with Gasteiger partial charge in [-0.1, -0.05) is 32.1 Å². The second kappa shape index (κ2) is 3.95. The fraction of sp³-hybridized carbons (Fsp3) is 0.833. The average molecular weight is 205 g/mol. The van der Waals surface area contributed by atoms with Crippen LogP contribution in [0.1, 0.15) is 62.5 Å². The highest BCUT2D eigenvalue weighted by atomic mass is 15.2. The minimum Gasteiger partial charge on any atom is -0.263 e. The van der Waals surface area contributed by atoms with Crippen LogP contribution in [0.3, 0.4) is 0 Å².